The molecule has 0 atom stereocenters. The smallest absolute Gasteiger partial charge is 0.264 e. The van der Waals surface area contributed by atoms with Crippen molar-refractivity contribution < 1.29 is 9.59 Å². The Balaban J connectivity index is 1.98. The van der Waals surface area contributed by atoms with Crippen LogP contribution in [0.4, 0.5) is 5.13 Å². The first-order valence-corrected chi connectivity index (χ1v) is 8.48. The van der Waals surface area contributed by atoms with Gasteiger partial charge in [-0.25, -0.2) is 4.98 Å². The van der Waals surface area contributed by atoms with Gasteiger partial charge in [0.25, 0.3) is 5.91 Å². The second kappa shape index (κ2) is 7.90. The number of rotatable bonds is 7. The van der Waals surface area contributed by atoms with Gasteiger partial charge < -0.3 is 10.2 Å². The zero-order valence-electron chi connectivity index (χ0n) is 11.7. The Hall–Kier alpha value is -1.73. The van der Waals surface area contributed by atoms with Gasteiger partial charge in [0.2, 0.25) is 5.91 Å². The maximum absolute atomic E-state index is 12.4. The van der Waals surface area contributed by atoms with Crippen LogP contribution in [0.15, 0.2) is 29.1 Å². The normalized spacial score (nSPS) is 10.3. The van der Waals surface area contributed by atoms with E-state index in [-0.39, 0.29) is 18.4 Å². The van der Waals surface area contributed by atoms with Crippen LogP contribution in [0.1, 0.15) is 29.4 Å². The first-order valence-electron chi connectivity index (χ1n) is 6.73. The molecule has 2 rings (SSSR count). The van der Waals surface area contributed by atoms with Gasteiger partial charge in [0, 0.05) is 18.1 Å². The predicted octanol–water partition coefficient (Wildman–Crippen LogP) is 3.09. The molecule has 0 saturated heterocycles. The topological polar surface area (TPSA) is 62.3 Å². The van der Waals surface area contributed by atoms with Crippen LogP contribution in [0, 0.1) is 0 Å². The molecule has 0 unspecified atom stereocenters. The van der Waals surface area contributed by atoms with E-state index in [2.05, 4.69) is 17.2 Å². The molecule has 1 N–H and O–H groups in total. The van der Waals surface area contributed by atoms with Crippen LogP contribution < -0.4 is 5.32 Å². The highest BCUT2D eigenvalue weighted by atomic mass is 32.1. The number of carbonyl (C=O) groups excluding carboxylic acids is 2. The largest absolute Gasteiger partial charge is 0.329 e. The number of nitrogens with zero attached hydrogens (tertiary/aromatic N) is 2. The molecular formula is C14H17N3O2S2. The molecule has 2 aromatic rings. The van der Waals surface area contributed by atoms with Crippen LogP contribution in [0.5, 0.6) is 0 Å². The minimum absolute atomic E-state index is 0.0519. The average molecular weight is 323 g/mol. The molecule has 0 bridgehead atoms. The molecular weight excluding hydrogens is 306 g/mol. The fourth-order valence-corrected chi connectivity index (χ4v) is 3.01. The van der Waals surface area contributed by atoms with Gasteiger partial charge in [-0.15, -0.1) is 22.7 Å². The molecule has 0 aliphatic carbocycles. The van der Waals surface area contributed by atoms with Crippen LogP contribution in [-0.4, -0.2) is 34.8 Å². The second-order valence-corrected chi connectivity index (χ2v) is 6.29. The van der Waals surface area contributed by atoms with Gasteiger partial charge in [0.1, 0.15) is 6.54 Å². The van der Waals surface area contributed by atoms with Crippen molar-refractivity contribution in [1.29, 1.82) is 0 Å². The summed E-state index contributed by atoms with van der Waals surface area (Å²) in [5.74, 6) is -0.307. The number of carbonyl (C=O) groups is 2. The van der Waals surface area contributed by atoms with Crippen molar-refractivity contribution >= 4 is 39.6 Å². The Bertz CT molecular complexity index is 567. The molecule has 0 aliphatic rings. The predicted molar refractivity (Wildman–Crippen MR) is 85.9 cm³/mol. The van der Waals surface area contributed by atoms with E-state index in [0.29, 0.717) is 16.6 Å². The monoisotopic (exact) mass is 323 g/mol. The first kappa shape index (κ1) is 15.7. The molecule has 0 spiro atoms. The highest BCUT2D eigenvalue weighted by Crippen LogP contribution is 2.14. The van der Waals surface area contributed by atoms with Crippen molar-refractivity contribution in [2.75, 3.05) is 18.4 Å². The first-order chi connectivity index (χ1) is 10.2. The van der Waals surface area contributed by atoms with Crippen molar-refractivity contribution in [3.63, 3.8) is 0 Å². The van der Waals surface area contributed by atoms with Crippen LogP contribution in [0.25, 0.3) is 0 Å². The molecule has 2 heterocycles. The van der Waals surface area contributed by atoms with Crippen LogP contribution in [0.3, 0.4) is 0 Å². The maximum atomic E-state index is 12.4. The summed E-state index contributed by atoms with van der Waals surface area (Å²) in [6.07, 6.45) is 3.48. The molecule has 2 amide bonds. The lowest BCUT2D eigenvalue weighted by Gasteiger charge is -2.21. The molecule has 0 aliphatic heterocycles. The Kier molecular flexibility index (Phi) is 5.89. The Morgan fingerprint density at radius 1 is 1.33 bits per heavy atom. The van der Waals surface area contributed by atoms with Crippen LogP contribution in [-0.2, 0) is 4.79 Å². The van der Waals surface area contributed by atoms with Gasteiger partial charge in [-0.1, -0.05) is 19.4 Å². The third kappa shape index (κ3) is 4.64. The van der Waals surface area contributed by atoms with E-state index < -0.39 is 0 Å². The number of hydrogen-bond acceptors (Lipinski definition) is 5. The number of aromatic nitrogens is 1. The van der Waals surface area contributed by atoms with Gasteiger partial charge in [0.15, 0.2) is 5.13 Å². The van der Waals surface area contributed by atoms with Crippen molar-refractivity contribution in [3.05, 3.63) is 34.0 Å². The molecule has 0 fully saturated rings. The molecule has 112 valence electrons. The van der Waals surface area contributed by atoms with E-state index >= 15 is 0 Å². The maximum Gasteiger partial charge on any atom is 0.264 e. The number of nitrogens with one attached hydrogen (secondary N) is 1. The molecule has 2 aromatic heterocycles. The number of hydrogen-bond donors (Lipinski definition) is 1. The molecule has 21 heavy (non-hydrogen) atoms. The highest BCUT2D eigenvalue weighted by molar-refractivity contribution is 7.13. The standard InChI is InChI=1S/C14H17N3O2S2/c1-2-3-7-17(13(19)11-5-4-8-20-11)10-12(18)16-14-15-6-9-21-14/h4-6,8-9H,2-3,7,10H2,1H3,(H,15,16,18). The number of anilines is 1. The molecule has 0 aromatic carbocycles. The number of thiazole rings is 1. The van der Waals surface area contributed by atoms with E-state index in [1.54, 1.807) is 22.5 Å². The zero-order valence-corrected chi connectivity index (χ0v) is 13.4. The quantitative estimate of drug-likeness (QED) is 0.851. The summed E-state index contributed by atoms with van der Waals surface area (Å²) in [5, 5.41) is 6.92. The third-order valence-electron chi connectivity index (χ3n) is 2.81. The van der Waals surface area contributed by atoms with E-state index in [4.69, 9.17) is 0 Å². The summed E-state index contributed by atoms with van der Waals surface area (Å²) in [5.41, 5.74) is 0. The van der Waals surface area contributed by atoms with Gasteiger partial charge in [0.05, 0.1) is 4.88 Å². The summed E-state index contributed by atoms with van der Waals surface area (Å²) >= 11 is 2.75. The molecule has 5 nitrogen and oxygen atoms in total. The Morgan fingerprint density at radius 3 is 2.81 bits per heavy atom. The average Bonchev–Trinajstić information content (AvgIpc) is 3.15. The lowest BCUT2D eigenvalue weighted by molar-refractivity contribution is -0.116. The highest BCUT2D eigenvalue weighted by Gasteiger charge is 2.19. The fourth-order valence-electron chi connectivity index (χ4n) is 1.77. The summed E-state index contributed by atoms with van der Waals surface area (Å²) in [6.45, 7) is 2.69. The number of unbranched alkanes of at least 4 members (excludes halogenated alkanes) is 1. The SMILES string of the molecule is CCCCN(CC(=O)Nc1nccs1)C(=O)c1cccs1. The summed E-state index contributed by atoms with van der Waals surface area (Å²) < 4.78 is 0. The molecule has 0 radical (unpaired) electrons. The van der Waals surface area contributed by atoms with Gasteiger partial charge in [-0.2, -0.15) is 0 Å². The van der Waals surface area contributed by atoms with Crippen molar-refractivity contribution in [1.82, 2.24) is 9.88 Å². The minimum atomic E-state index is -0.217. The Morgan fingerprint density at radius 2 is 2.19 bits per heavy atom. The summed E-state index contributed by atoms with van der Waals surface area (Å²) in [7, 11) is 0. The van der Waals surface area contributed by atoms with Gasteiger partial charge in [-0.05, 0) is 17.9 Å². The Labute approximate surface area is 131 Å². The lowest BCUT2D eigenvalue weighted by atomic mass is 10.3. The van der Waals surface area contributed by atoms with Crippen LogP contribution >= 0.6 is 22.7 Å². The van der Waals surface area contributed by atoms with E-state index in [1.165, 1.54) is 22.7 Å². The van der Waals surface area contributed by atoms with Crippen molar-refractivity contribution in [3.8, 4) is 0 Å². The van der Waals surface area contributed by atoms with E-state index in [0.717, 1.165) is 12.8 Å². The fraction of sp³-hybridized carbons (Fsp3) is 0.357. The minimum Gasteiger partial charge on any atom is -0.329 e. The van der Waals surface area contributed by atoms with Gasteiger partial charge in [-0.3, -0.25) is 9.59 Å². The molecule has 0 saturated carbocycles. The third-order valence-corrected chi connectivity index (χ3v) is 4.36. The number of amides is 2. The van der Waals surface area contributed by atoms with Gasteiger partial charge >= 0.3 is 0 Å². The molecule has 7 heteroatoms. The van der Waals surface area contributed by atoms with Crippen molar-refractivity contribution in [2.45, 2.75) is 19.8 Å². The van der Waals surface area contributed by atoms with E-state index in [1.807, 2.05) is 11.4 Å². The van der Waals surface area contributed by atoms with E-state index in [9.17, 15) is 9.59 Å². The lowest BCUT2D eigenvalue weighted by Crippen LogP contribution is -2.38. The summed E-state index contributed by atoms with van der Waals surface area (Å²) in [6, 6.07) is 3.62. The number of thiophene rings is 1. The second-order valence-electron chi connectivity index (χ2n) is 4.44. The summed E-state index contributed by atoms with van der Waals surface area (Å²) in [4.78, 5) is 30.7. The van der Waals surface area contributed by atoms with Crippen molar-refractivity contribution in [2.24, 2.45) is 0 Å². The van der Waals surface area contributed by atoms with Crippen LogP contribution in [0.2, 0.25) is 0 Å². The zero-order chi connectivity index (χ0) is 15.1.